The first-order valence-corrected chi connectivity index (χ1v) is 8.79. The molecule has 2 aromatic heterocycles. The van der Waals surface area contributed by atoms with Crippen LogP contribution >= 0.6 is 0 Å². The van der Waals surface area contributed by atoms with Gasteiger partial charge in [-0.25, -0.2) is 4.98 Å². The van der Waals surface area contributed by atoms with Crippen LogP contribution in [0.4, 0.5) is 5.95 Å². The van der Waals surface area contributed by atoms with E-state index in [1.165, 1.54) is 5.56 Å². The molecule has 1 aliphatic rings. The predicted octanol–water partition coefficient (Wildman–Crippen LogP) is 1.87. The number of likely N-dealkylation sites (N-methyl/N-ethyl adjacent to an activating group) is 1. The van der Waals surface area contributed by atoms with Gasteiger partial charge in [-0.1, -0.05) is 12.1 Å². The molecule has 0 aliphatic carbocycles. The van der Waals surface area contributed by atoms with Gasteiger partial charge in [0.25, 0.3) is 5.56 Å². The van der Waals surface area contributed by atoms with Crippen molar-refractivity contribution in [3.63, 3.8) is 0 Å². The van der Waals surface area contributed by atoms with Gasteiger partial charge in [-0.05, 0) is 43.1 Å². The van der Waals surface area contributed by atoms with E-state index in [0.29, 0.717) is 22.9 Å². The number of rotatable bonds is 3. The zero-order valence-corrected chi connectivity index (χ0v) is 14.9. The number of nitrogens with zero attached hydrogens (tertiary/aromatic N) is 3. The van der Waals surface area contributed by atoms with E-state index in [9.17, 15) is 9.90 Å². The second-order valence-electron chi connectivity index (χ2n) is 7.12. The minimum atomic E-state index is -0.0817. The SMILES string of the molecule is CN1C[C@H](Nc2nc3cc[nH]c3c(=O)n2C)C[C@H](c2ccc(O)cc2)C1. The van der Waals surface area contributed by atoms with Gasteiger partial charge < -0.3 is 20.3 Å². The van der Waals surface area contributed by atoms with Gasteiger partial charge in [0.1, 0.15) is 11.3 Å². The number of benzene rings is 1. The summed E-state index contributed by atoms with van der Waals surface area (Å²) >= 11 is 0. The minimum absolute atomic E-state index is 0.0817. The molecule has 4 rings (SSSR count). The summed E-state index contributed by atoms with van der Waals surface area (Å²) < 4.78 is 1.56. The van der Waals surface area contributed by atoms with E-state index < -0.39 is 0 Å². The van der Waals surface area contributed by atoms with Crippen LogP contribution in [0.15, 0.2) is 41.3 Å². The fourth-order valence-corrected chi connectivity index (χ4v) is 3.80. The second-order valence-corrected chi connectivity index (χ2v) is 7.12. The first kappa shape index (κ1) is 16.7. The summed E-state index contributed by atoms with van der Waals surface area (Å²) in [6.07, 6.45) is 2.67. The lowest BCUT2D eigenvalue weighted by Gasteiger charge is -2.36. The van der Waals surface area contributed by atoms with Crippen LogP contribution in [-0.4, -0.2) is 50.7 Å². The quantitative estimate of drug-likeness (QED) is 0.669. The first-order valence-electron chi connectivity index (χ1n) is 8.79. The highest BCUT2D eigenvalue weighted by Gasteiger charge is 2.27. The number of hydrogen-bond donors (Lipinski definition) is 3. The molecule has 1 saturated heterocycles. The number of piperidine rings is 1. The van der Waals surface area contributed by atoms with Crippen molar-refractivity contribution in [3.8, 4) is 5.75 Å². The largest absolute Gasteiger partial charge is 0.508 e. The summed E-state index contributed by atoms with van der Waals surface area (Å²) in [6, 6.07) is 9.43. The van der Waals surface area contributed by atoms with Crippen LogP contribution in [0.1, 0.15) is 17.9 Å². The highest BCUT2D eigenvalue weighted by molar-refractivity contribution is 5.75. The number of likely N-dealkylation sites (tertiary alicyclic amines) is 1. The Kier molecular flexibility index (Phi) is 4.16. The summed E-state index contributed by atoms with van der Waals surface area (Å²) in [5, 5.41) is 13.0. The van der Waals surface area contributed by atoms with Crippen molar-refractivity contribution in [2.45, 2.75) is 18.4 Å². The van der Waals surface area contributed by atoms with E-state index in [2.05, 4.69) is 27.2 Å². The van der Waals surface area contributed by atoms with Gasteiger partial charge in [0, 0.05) is 32.4 Å². The van der Waals surface area contributed by atoms with Crippen molar-refractivity contribution < 1.29 is 5.11 Å². The maximum Gasteiger partial charge on any atom is 0.278 e. The van der Waals surface area contributed by atoms with Gasteiger partial charge in [-0.2, -0.15) is 0 Å². The van der Waals surface area contributed by atoms with Crippen molar-refractivity contribution in [1.82, 2.24) is 19.4 Å². The Labute approximate surface area is 151 Å². The van der Waals surface area contributed by atoms with Crippen molar-refractivity contribution >= 4 is 17.0 Å². The molecule has 0 bridgehead atoms. The molecule has 1 aliphatic heterocycles. The molecule has 0 unspecified atom stereocenters. The Morgan fingerprint density at radius 3 is 2.73 bits per heavy atom. The number of anilines is 1. The maximum atomic E-state index is 12.5. The number of aromatic amines is 1. The molecule has 136 valence electrons. The van der Waals surface area contributed by atoms with Crippen LogP contribution in [0.3, 0.4) is 0 Å². The summed E-state index contributed by atoms with van der Waals surface area (Å²) in [4.78, 5) is 22.3. The molecular weight excluding hydrogens is 330 g/mol. The number of fused-ring (bicyclic) bond motifs is 1. The molecular formula is C19H23N5O2. The topological polar surface area (TPSA) is 86.2 Å². The van der Waals surface area contributed by atoms with Gasteiger partial charge >= 0.3 is 0 Å². The van der Waals surface area contributed by atoms with E-state index >= 15 is 0 Å². The minimum Gasteiger partial charge on any atom is -0.508 e. The van der Waals surface area contributed by atoms with E-state index in [4.69, 9.17) is 0 Å². The third-order valence-corrected chi connectivity index (χ3v) is 5.12. The molecule has 7 heteroatoms. The van der Waals surface area contributed by atoms with Crippen LogP contribution in [-0.2, 0) is 7.05 Å². The van der Waals surface area contributed by atoms with Crippen LogP contribution in [0.5, 0.6) is 5.75 Å². The number of phenolic OH excluding ortho intramolecular Hbond substituents is 1. The normalized spacial score (nSPS) is 21.2. The van der Waals surface area contributed by atoms with Crippen LogP contribution in [0.25, 0.3) is 11.0 Å². The van der Waals surface area contributed by atoms with Crippen molar-refractivity contribution in [2.75, 3.05) is 25.5 Å². The Hall–Kier alpha value is -2.80. The van der Waals surface area contributed by atoms with E-state index in [1.807, 2.05) is 18.2 Å². The standard InChI is InChI=1S/C19H23N5O2/c1-23-10-13(12-3-5-15(25)6-4-12)9-14(11-23)21-19-22-16-7-8-20-17(16)18(26)24(19)2/h3-8,13-14,20,25H,9-11H2,1-2H3,(H,21,22)/t13-,14+/m0/s1. The molecule has 0 spiro atoms. The molecule has 7 nitrogen and oxygen atoms in total. The summed E-state index contributed by atoms with van der Waals surface area (Å²) in [6.45, 7) is 1.85. The molecule has 1 fully saturated rings. The van der Waals surface area contributed by atoms with E-state index in [-0.39, 0.29) is 17.4 Å². The first-order chi connectivity index (χ1) is 12.5. The maximum absolute atomic E-state index is 12.5. The zero-order valence-electron chi connectivity index (χ0n) is 14.9. The van der Waals surface area contributed by atoms with E-state index in [0.717, 1.165) is 19.5 Å². The van der Waals surface area contributed by atoms with Crippen LogP contribution < -0.4 is 10.9 Å². The predicted molar refractivity (Wildman–Crippen MR) is 102 cm³/mol. The Morgan fingerprint density at radius 1 is 1.19 bits per heavy atom. The molecule has 3 heterocycles. The Bertz CT molecular complexity index is 976. The Balaban J connectivity index is 1.58. The van der Waals surface area contributed by atoms with Crippen molar-refractivity contribution in [3.05, 3.63) is 52.4 Å². The van der Waals surface area contributed by atoms with Crippen molar-refractivity contribution in [1.29, 1.82) is 0 Å². The lowest BCUT2D eigenvalue weighted by Crippen LogP contribution is -2.44. The third-order valence-electron chi connectivity index (χ3n) is 5.12. The van der Waals surface area contributed by atoms with Gasteiger partial charge in [0.15, 0.2) is 0 Å². The molecule has 0 radical (unpaired) electrons. The van der Waals surface area contributed by atoms with Gasteiger partial charge in [0.2, 0.25) is 5.95 Å². The lowest BCUT2D eigenvalue weighted by atomic mass is 9.88. The number of nitrogens with one attached hydrogen (secondary N) is 2. The molecule has 3 N–H and O–H groups in total. The summed E-state index contributed by atoms with van der Waals surface area (Å²) in [5.41, 5.74) is 2.33. The third kappa shape index (κ3) is 3.06. The molecule has 0 saturated carbocycles. The van der Waals surface area contributed by atoms with Crippen LogP contribution in [0, 0.1) is 0 Å². The summed E-state index contributed by atoms with van der Waals surface area (Å²) in [5.74, 6) is 1.23. The van der Waals surface area contributed by atoms with Crippen molar-refractivity contribution in [2.24, 2.45) is 7.05 Å². The number of hydrogen-bond acceptors (Lipinski definition) is 5. The number of aromatic hydroxyl groups is 1. The number of phenols is 1. The monoisotopic (exact) mass is 353 g/mol. The van der Waals surface area contributed by atoms with Gasteiger partial charge in [0.05, 0.1) is 5.52 Å². The molecule has 26 heavy (non-hydrogen) atoms. The highest BCUT2D eigenvalue weighted by Crippen LogP contribution is 2.28. The molecule has 1 aromatic carbocycles. The smallest absolute Gasteiger partial charge is 0.278 e. The fourth-order valence-electron chi connectivity index (χ4n) is 3.80. The number of H-pyrrole nitrogens is 1. The molecule has 3 aromatic rings. The lowest BCUT2D eigenvalue weighted by molar-refractivity contribution is 0.235. The Morgan fingerprint density at radius 2 is 1.96 bits per heavy atom. The number of aromatic nitrogens is 3. The summed E-state index contributed by atoms with van der Waals surface area (Å²) in [7, 11) is 3.84. The van der Waals surface area contributed by atoms with Gasteiger partial charge in [-0.3, -0.25) is 9.36 Å². The average Bonchev–Trinajstić information content (AvgIpc) is 3.08. The average molecular weight is 353 g/mol. The van der Waals surface area contributed by atoms with E-state index in [1.54, 1.807) is 29.9 Å². The molecule has 2 atom stereocenters. The fraction of sp³-hybridized carbons (Fsp3) is 0.368. The molecule has 0 amide bonds. The zero-order chi connectivity index (χ0) is 18.3. The highest BCUT2D eigenvalue weighted by atomic mass is 16.3. The van der Waals surface area contributed by atoms with Gasteiger partial charge in [-0.15, -0.1) is 0 Å². The van der Waals surface area contributed by atoms with Crippen LogP contribution in [0.2, 0.25) is 0 Å². The second kappa shape index (κ2) is 6.49.